The standard InChI is InChI=1S/C21H23ClFN3O5S/c1-32(29,30)26(14-8-9-18(23)17(22)11-14)13-20(27)25-19-7-3-2-6-16(19)21(28)24-12-15-5-4-10-31-15/h2-3,6-9,11,15H,4-5,10,12-13H2,1H3,(H,24,28)(H,25,27)/t15-/m0/s1. The largest absolute Gasteiger partial charge is 0.376 e. The monoisotopic (exact) mass is 483 g/mol. The van der Waals surface area contributed by atoms with Crippen molar-refractivity contribution in [3.63, 3.8) is 0 Å². The Hall–Kier alpha value is -2.69. The topological polar surface area (TPSA) is 105 Å². The fourth-order valence-corrected chi connectivity index (χ4v) is 4.28. The molecule has 0 bridgehead atoms. The van der Waals surface area contributed by atoms with Crippen molar-refractivity contribution < 1.29 is 27.1 Å². The van der Waals surface area contributed by atoms with E-state index in [9.17, 15) is 22.4 Å². The number of halogens is 2. The number of carbonyl (C=O) groups is 2. The Morgan fingerprint density at radius 3 is 2.66 bits per heavy atom. The van der Waals surface area contributed by atoms with Crippen LogP contribution in [0.25, 0.3) is 0 Å². The molecule has 32 heavy (non-hydrogen) atoms. The smallest absolute Gasteiger partial charge is 0.253 e. The number of hydrogen-bond donors (Lipinski definition) is 2. The van der Waals surface area contributed by atoms with Gasteiger partial charge in [-0.15, -0.1) is 0 Å². The van der Waals surface area contributed by atoms with E-state index in [-0.39, 0.29) is 34.0 Å². The van der Waals surface area contributed by atoms with Crippen molar-refractivity contribution in [1.29, 1.82) is 0 Å². The summed E-state index contributed by atoms with van der Waals surface area (Å²) in [7, 11) is -3.88. The molecule has 2 N–H and O–H groups in total. The molecule has 11 heteroatoms. The Balaban J connectivity index is 1.72. The van der Waals surface area contributed by atoms with E-state index < -0.39 is 28.3 Å². The number of ether oxygens (including phenoxy) is 1. The minimum absolute atomic E-state index is 0.0356. The highest BCUT2D eigenvalue weighted by molar-refractivity contribution is 7.92. The van der Waals surface area contributed by atoms with Crippen LogP contribution in [-0.4, -0.2) is 52.3 Å². The number of benzene rings is 2. The first-order chi connectivity index (χ1) is 15.1. The summed E-state index contributed by atoms with van der Waals surface area (Å²) in [5, 5.41) is 5.09. The predicted molar refractivity (Wildman–Crippen MR) is 120 cm³/mol. The van der Waals surface area contributed by atoms with E-state index in [1.165, 1.54) is 6.07 Å². The molecule has 1 saturated heterocycles. The third kappa shape index (κ3) is 6.18. The van der Waals surface area contributed by atoms with E-state index in [0.717, 1.165) is 35.5 Å². The molecule has 0 spiro atoms. The average Bonchev–Trinajstić information content (AvgIpc) is 3.26. The Labute approximate surface area is 190 Å². The first-order valence-corrected chi connectivity index (χ1v) is 12.1. The molecule has 3 rings (SSSR count). The van der Waals surface area contributed by atoms with Crippen LogP contribution in [0.2, 0.25) is 5.02 Å². The summed E-state index contributed by atoms with van der Waals surface area (Å²) in [6, 6.07) is 9.73. The minimum Gasteiger partial charge on any atom is -0.376 e. The molecule has 1 atom stereocenters. The van der Waals surface area contributed by atoms with E-state index in [1.807, 2.05) is 0 Å². The van der Waals surface area contributed by atoms with Gasteiger partial charge in [-0.25, -0.2) is 12.8 Å². The summed E-state index contributed by atoms with van der Waals surface area (Å²) in [5.41, 5.74) is 0.499. The number of rotatable bonds is 8. The zero-order valence-corrected chi connectivity index (χ0v) is 18.9. The summed E-state index contributed by atoms with van der Waals surface area (Å²) in [6.07, 6.45) is 2.70. The minimum atomic E-state index is -3.88. The van der Waals surface area contributed by atoms with Crippen LogP contribution in [0.3, 0.4) is 0 Å². The fraction of sp³-hybridized carbons (Fsp3) is 0.333. The second-order valence-corrected chi connectivity index (χ2v) is 9.62. The Kier molecular flexibility index (Phi) is 7.70. The van der Waals surface area contributed by atoms with E-state index >= 15 is 0 Å². The van der Waals surface area contributed by atoms with Gasteiger partial charge in [0.05, 0.1) is 34.3 Å². The molecule has 0 saturated carbocycles. The zero-order chi connectivity index (χ0) is 23.3. The van der Waals surface area contributed by atoms with Crippen LogP contribution in [0, 0.1) is 5.82 Å². The molecule has 0 aliphatic carbocycles. The quantitative estimate of drug-likeness (QED) is 0.600. The number of sulfonamides is 1. The van der Waals surface area contributed by atoms with Crippen LogP contribution in [0.15, 0.2) is 42.5 Å². The molecule has 2 aromatic carbocycles. The highest BCUT2D eigenvalue weighted by Gasteiger charge is 2.23. The van der Waals surface area contributed by atoms with Crippen molar-refractivity contribution in [3.8, 4) is 0 Å². The lowest BCUT2D eigenvalue weighted by atomic mass is 10.1. The Morgan fingerprint density at radius 2 is 2.00 bits per heavy atom. The highest BCUT2D eigenvalue weighted by Crippen LogP contribution is 2.24. The molecule has 1 heterocycles. The number of nitrogens with zero attached hydrogens (tertiary/aromatic N) is 1. The molecule has 172 valence electrons. The van der Waals surface area contributed by atoms with Crippen LogP contribution in [0.5, 0.6) is 0 Å². The lowest BCUT2D eigenvalue weighted by molar-refractivity contribution is -0.114. The van der Waals surface area contributed by atoms with Crippen LogP contribution in [-0.2, 0) is 19.6 Å². The third-order valence-electron chi connectivity index (χ3n) is 4.84. The molecular weight excluding hydrogens is 461 g/mol. The van der Waals surface area contributed by atoms with Gasteiger partial charge in [0.2, 0.25) is 15.9 Å². The maximum absolute atomic E-state index is 13.5. The van der Waals surface area contributed by atoms with Gasteiger partial charge in [-0.3, -0.25) is 13.9 Å². The number of amides is 2. The molecule has 0 aromatic heterocycles. The SMILES string of the molecule is CS(=O)(=O)N(CC(=O)Nc1ccccc1C(=O)NC[C@@H]1CCCO1)c1ccc(F)c(Cl)c1. The third-order valence-corrected chi connectivity index (χ3v) is 6.27. The number of para-hydroxylation sites is 1. The second-order valence-electron chi connectivity index (χ2n) is 7.31. The summed E-state index contributed by atoms with van der Waals surface area (Å²) >= 11 is 5.76. The summed E-state index contributed by atoms with van der Waals surface area (Å²) in [6.45, 7) is 0.435. The lowest BCUT2D eigenvalue weighted by Crippen LogP contribution is -2.38. The van der Waals surface area contributed by atoms with Gasteiger partial charge in [-0.05, 0) is 43.2 Å². The van der Waals surface area contributed by atoms with E-state index in [0.29, 0.717) is 13.2 Å². The molecule has 1 aliphatic rings. The van der Waals surface area contributed by atoms with Crippen molar-refractivity contribution in [2.24, 2.45) is 0 Å². The normalized spacial score (nSPS) is 15.9. The van der Waals surface area contributed by atoms with Crippen molar-refractivity contribution in [3.05, 3.63) is 58.9 Å². The number of anilines is 2. The molecule has 0 radical (unpaired) electrons. The van der Waals surface area contributed by atoms with Crippen molar-refractivity contribution in [2.75, 3.05) is 35.6 Å². The van der Waals surface area contributed by atoms with Gasteiger partial charge in [0, 0.05) is 13.2 Å². The van der Waals surface area contributed by atoms with Crippen molar-refractivity contribution >= 4 is 44.8 Å². The Bertz CT molecular complexity index is 1110. The van der Waals surface area contributed by atoms with Crippen LogP contribution in [0.4, 0.5) is 15.8 Å². The zero-order valence-electron chi connectivity index (χ0n) is 17.3. The summed E-state index contributed by atoms with van der Waals surface area (Å²) in [4.78, 5) is 25.3. The number of nitrogens with one attached hydrogen (secondary N) is 2. The number of carbonyl (C=O) groups excluding carboxylic acids is 2. The molecule has 1 aliphatic heterocycles. The van der Waals surface area contributed by atoms with Gasteiger partial charge in [0.25, 0.3) is 5.91 Å². The van der Waals surface area contributed by atoms with E-state index in [4.69, 9.17) is 16.3 Å². The van der Waals surface area contributed by atoms with Crippen LogP contribution in [0.1, 0.15) is 23.2 Å². The lowest BCUT2D eigenvalue weighted by Gasteiger charge is -2.22. The molecule has 2 aromatic rings. The van der Waals surface area contributed by atoms with E-state index in [1.54, 1.807) is 24.3 Å². The first kappa shape index (κ1) is 24.0. The predicted octanol–water partition coefficient (Wildman–Crippen LogP) is 2.79. The molecule has 2 amide bonds. The molecule has 8 nitrogen and oxygen atoms in total. The molecule has 0 unspecified atom stereocenters. The average molecular weight is 484 g/mol. The molecular formula is C21H23ClFN3O5S. The van der Waals surface area contributed by atoms with Gasteiger partial charge in [0.1, 0.15) is 12.4 Å². The summed E-state index contributed by atoms with van der Waals surface area (Å²) in [5.74, 6) is -1.78. The first-order valence-electron chi connectivity index (χ1n) is 9.86. The van der Waals surface area contributed by atoms with E-state index in [2.05, 4.69) is 10.6 Å². The highest BCUT2D eigenvalue weighted by atomic mass is 35.5. The van der Waals surface area contributed by atoms with Crippen LogP contribution >= 0.6 is 11.6 Å². The van der Waals surface area contributed by atoms with Gasteiger partial charge in [0.15, 0.2) is 0 Å². The van der Waals surface area contributed by atoms with Gasteiger partial charge >= 0.3 is 0 Å². The number of hydrogen-bond acceptors (Lipinski definition) is 5. The van der Waals surface area contributed by atoms with Crippen molar-refractivity contribution in [2.45, 2.75) is 18.9 Å². The maximum Gasteiger partial charge on any atom is 0.253 e. The summed E-state index contributed by atoms with van der Waals surface area (Å²) < 4.78 is 44.2. The van der Waals surface area contributed by atoms with Gasteiger partial charge in [-0.2, -0.15) is 0 Å². The van der Waals surface area contributed by atoms with Crippen LogP contribution < -0.4 is 14.9 Å². The Morgan fingerprint density at radius 1 is 1.25 bits per heavy atom. The van der Waals surface area contributed by atoms with Gasteiger partial charge in [-0.1, -0.05) is 23.7 Å². The fourth-order valence-electron chi connectivity index (χ4n) is 3.26. The maximum atomic E-state index is 13.5. The molecule has 1 fully saturated rings. The second kappa shape index (κ2) is 10.3. The van der Waals surface area contributed by atoms with Gasteiger partial charge < -0.3 is 15.4 Å². The van der Waals surface area contributed by atoms with Crippen molar-refractivity contribution in [1.82, 2.24) is 5.32 Å².